The monoisotopic (exact) mass is 174 g/mol. The number of unbranched alkanes of at least 4 members (excludes halogenated alkanes) is 2. The van der Waals surface area contributed by atoms with Crippen LogP contribution in [-0.4, -0.2) is 5.78 Å². The molecule has 0 saturated heterocycles. The van der Waals surface area contributed by atoms with Crippen LogP contribution in [0.5, 0.6) is 0 Å². The lowest BCUT2D eigenvalue weighted by atomic mass is 10.1. The van der Waals surface area contributed by atoms with Crippen molar-refractivity contribution in [2.24, 2.45) is 0 Å². The summed E-state index contributed by atoms with van der Waals surface area (Å²) in [6, 6.07) is 0. The Balaban J connectivity index is 3.63. The van der Waals surface area contributed by atoms with Gasteiger partial charge in [0.15, 0.2) is 5.78 Å². The quantitative estimate of drug-likeness (QED) is 0.462. The molecule has 0 aliphatic heterocycles. The van der Waals surface area contributed by atoms with Gasteiger partial charge in [-0.05, 0) is 19.8 Å². The second-order valence-corrected chi connectivity index (χ2v) is 2.87. The molecule has 0 heterocycles. The number of halogens is 1. The van der Waals surface area contributed by atoms with Gasteiger partial charge in [0.1, 0.15) is 0 Å². The van der Waals surface area contributed by atoms with Crippen LogP contribution in [0.2, 0.25) is 0 Å². The van der Waals surface area contributed by atoms with Gasteiger partial charge in [-0.1, -0.05) is 31.4 Å². The van der Waals surface area contributed by atoms with Crippen LogP contribution in [-0.2, 0) is 4.79 Å². The molecule has 0 aliphatic rings. The molecule has 0 bridgehead atoms. The summed E-state index contributed by atoms with van der Waals surface area (Å²) >= 11 is 5.46. The summed E-state index contributed by atoms with van der Waals surface area (Å²) < 4.78 is 0. The zero-order valence-corrected chi connectivity index (χ0v) is 7.95. The average molecular weight is 175 g/mol. The highest BCUT2D eigenvalue weighted by molar-refractivity contribution is 6.27. The summed E-state index contributed by atoms with van der Waals surface area (Å²) in [6.45, 7) is 3.69. The van der Waals surface area contributed by atoms with E-state index in [1.807, 2.05) is 0 Å². The summed E-state index contributed by atoms with van der Waals surface area (Å²) in [5.41, 5.74) is 2.15. The van der Waals surface area contributed by atoms with E-state index in [9.17, 15) is 4.79 Å². The average Bonchev–Trinajstić information content (AvgIpc) is 1.97. The third kappa shape index (κ3) is 5.02. The van der Waals surface area contributed by atoms with E-state index >= 15 is 0 Å². The number of carbonyl (C=O) groups excluding carboxylic acids is 1. The Hall–Kier alpha value is -0.300. The summed E-state index contributed by atoms with van der Waals surface area (Å²) in [5.74, 6) is 0.0936. The Labute approximate surface area is 73.4 Å². The van der Waals surface area contributed by atoms with Crippen LogP contribution in [0, 0.1) is 0 Å². The number of ketones is 1. The smallest absolute Gasteiger partial charge is 0.156 e. The van der Waals surface area contributed by atoms with Crippen LogP contribution in [0.1, 0.15) is 39.5 Å². The standard InChI is InChI=1S/C9H15ClO/c1-3-4-5-6-9(7-10)8(2)11/h7H,3-6H2,1-2H3/b9-7-. The molecule has 0 aromatic heterocycles. The van der Waals surface area contributed by atoms with Crippen molar-refractivity contribution in [3.8, 4) is 0 Å². The van der Waals surface area contributed by atoms with E-state index in [0.717, 1.165) is 18.4 Å². The number of rotatable bonds is 5. The van der Waals surface area contributed by atoms with Gasteiger partial charge in [-0.15, -0.1) is 0 Å². The van der Waals surface area contributed by atoms with E-state index in [2.05, 4.69) is 6.92 Å². The topological polar surface area (TPSA) is 17.1 Å². The molecule has 11 heavy (non-hydrogen) atoms. The van der Waals surface area contributed by atoms with E-state index in [1.165, 1.54) is 18.4 Å². The number of hydrogen-bond acceptors (Lipinski definition) is 1. The normalized spacial score (nSPS) is 11.7. The lowest BCUT2D eigenvalue weighted by molar-refractivity contribution is -0.113. The first-order valence-corrected chi connectivity index (χ1v) is 4.46. The predicted molar refractivity (Wildman–Crippen MR) is 48.8 cm³/mol. The summed E-state index contributed by atoms with van der Waals surface area (Å²) in [6.07, 6.45) is 4.23. The lowest BCUT2D eigenvalue weighted by Gasteiger charge is -1.99. The van der Waals surface area contributed by atoms with Gasteiger partial charge in [-0.3, -0.25) is 4.79 Å². The molecule has 0 saturated carbocycles. The number of allylic oxidation sites excluding steroid dienone is 1. The Bertz CT molecular complexity index is 150. The van der Waals surface area contributed by atoms with Gasteiger partial charge in [-0.25, -0.2) is 0 Å². The first-order chi connectivity index (χ1) is 5.22. The maximum atomic E-state index is 10.8. The van der Waals surface area contributed by atoms with Gasteiger partial charge >= 0.3 is 0 Å². The minimum atomic E-state index is 0.0936. The van der Waals surface area contributed by atoms with Crippen molar-refractivity contribution in [1.29, 1.82) is 0 Å². The first-order valence-electron chi connectivity index (χ1n) is 4.02. The van der Waals surface area contributed by atoms with Crippen LogP contribution >= 0.6 is 11.6 Å². The third-order valence-corrected chi connectivity index (χ3v) is 1.90. The summed E-state index contributed by atoms with van der Waals surface area (Å²) in [5, 5.41) is 0. The molecule has 0 atom stereocenters. The summed E-state index contributed by atoms with van der Waals surface area (Å²) in [4.78, 5) is 10.8. The molecular formula is C9H15ClO. The van der Waals surface area contributed by atoms with Crippen LogP contribution in [0.15, 0.2) is 11.1 Å². The van der Waals surface area contributed by atoms with Gasteiger partial charge in [0.05, 0.1) is 0 Å². The van der Waals surface area contributed by atoms with Crippen molar-refractivity contribution in [3.05, 3.63) is 11.1 Å². The van der Waals surface area contributed by atoms with Crippen LogP contribution in [0.25, 0.3) is 0 Å². The molecule has 0 amide bonds. The predicted octanol–water partition coefficient (Wildman–Crippen LogP) is 3.28. The van der Waals surface area contributed by atoms with Gasteiger partial charge in [0.2, 0.25) is 0 Å². The highest BCUT2D eigenvalue weighted by Gasteiger charge is 2.01. The van der Waals surface area contributed by atoms with Crippen LogP contribution in [0.4, 0.5) is 0 Å². The maximum absolute atomic E-state index is 10.8. The molecule has 0 spiro atoms. The van der Waals surface area contributed by atoms with E-state index < -0.39 is 0 Å². The molecule has 0 rings (SSSR count). The minimum Gasteiger partial charge on any atom is -0.295 e. The van der Waals surface area contributed by atoms with Crippen molar-refractivity contribution < 1.29 is 4.79 Å². The fourth-order valence-electron chi connectivity index (χ4n) is 0.873. The highest BCUT2D eigenvalue weighted by Crippen LogP contribution is 2.10. The van der Waals surface area contributed by atoms with Crippen molar-refractivity contribution in [3.63, 3.8) is 0 Å². The number of hydrogen-bond donors (Lipinski definition) is 0. The van der Waals surface area contributed by atoms with Crippen molar-refractivity contribution in [2.75, 3.05) is 0 Å². The number of Topliss-reactive ketones (excluding diaryl/α,β-unsaturated/α-hetero) is 1. The van der Waals surface area contributed by atoms with Gasteiger partial charge in [-0.2, -0.15) is 0 Å². The van der Waals surface area contributed by atoms with Crippen molar-refractivity contribution in [2.45, 2.75) is 39.5 Å². The Kier molecular flexibility index (Phi) is 6.24. The molecule has 64 valence electrons. The zero-order chi connectivity index (χ0) is 8.69. The van der Waals surface area contributed by atoms with E-state index in [-0.39, 0.29) is 5.78 Å². The molecule has 0 aliphatic carbocycles. The lowest BCUT2D eigenvalue weighted by Crippen LogP contribution is -1.95. The van der Waals surface area contributed by atoms with Gasteiger partial charge in [0.25, 0.3) is 0 Å². The fraction of sp³-hybridized carbons (Fsp3) is 0.667. The van der Waals surface area contributed by atoms with E-state index in [1.54, 1.807) is 6.92 Å². The molecule has 1 nitrogen and oxygen atoms in total. The fourth-order valence-corrected chi connectivity index (χ4v) is 1.14. The van der Waals surface area contributed by atoms with Crippen LogP contribution in [0.3, 0.4) is 0 Å². The van der Waals surface area contributed by atoms with E-state index in [0.29, 0.717) is 0 Å². The molecule has 0 fully saturated rings. The molecular weight excluding hydrogens is 160 g/mol. The SMILES string of the molecule is CCCCC/C(=C/Cl)C(C)=O. The first kappa shape index (κ1) is 10.7. The highest BCUT2D eigenvalue weighted by atomic mass is 35.5. The molecule has 2 heteroatoms. The van der Waals surface area contributed by atoms with Gasteiger partial charge in [0, 0.05) is 11.1 Å². The van der Waals surface area contributed by atoms with Gasteiger partial charge < -0.3 is 0 Å². The second-order valence-electron chi connectivity index (χ2n) is 2.65. The van der Waals surface area contributed by atoms with E-state index in [4.69, 9.17) is 11.6 Å². The Morgan fingerprint density at radius 2 is 2.09 bits per heavy atom. The summed E-state index contributed by atoms with van der Waals surface area (Å²) in [7, 11) is 0. The molecule has 0 radical (unpaired) electrons. The molecule has 0 unspecified atom stereocenters. The van der Waals surface area contributed by atoms with Crippen molar-refractivity contribution in [1.82, 2.24) is 0 Å². The van der Waals surface area contributed by atoms with Crippen LogP contribution < -0.4 is 0 Å². The second kappa shape index (κ2) is 6.41. The molecule has 0 aromatic carbocycles. The molecule has 0 N–H and O–H groups in total. The minimum absolute atomic E-state index is 0.0936. The van der Waals surface area contributed by atoms with Crippen molar-refractivity contribution >= 4 is 17.4 Å². The Morgan fingerprint density at radius 3 is 2.45 bits per heavy atom. The largest absolute Gasteiger partial charge is 0.295 e. The number of carbonyl (C=O) groups is 1. The maximum Gasteiger partial charge on any atom is 0.156 e. The molecule has 0 aromatic rings. The zero-order valence-electron chi connectivity index (χ0n) is 7.19. The Morgan fingerprint density at radius 1 is 1.45 bits per heavy atom. The third-order valence-electron chi connectivity index (χ3n) is 1.63.